The zero-order valence-electron chi connectivity index (χ0n) is 5.32. The summed E-state index contributed by atoms with van der Waals surface area (Å²) < 4.78 is 15.1. The van der Waals surface area contributed by atoms with Crippen LogP contribution >= 0.6 is 0 Å². The maximum atomic E-state index is 5.15. The molecule has 1 aliphatic rings. The summed E-state index contributed by atoms with van der Waals surface area (Å²) in [5, 5.41) is 0. The molecule has 0 aliphatic carbocycles. The van der Waals surface area contributed by atoms with Crippen molar-refractivity contribution in [3.8, 4) is 0 Å². The van der Waals surface area contributed by atoms with Crippen LogP contribution in [0.15, 0.2) is 17.1 Å². The van der Waals surface area contributed by atoms with Crippen LogP contribution in [-0.2, 0) is 9.47 Å². The van der Waals surface area contributed by atoms with Crippen LogP contribution in [-0.4, -0.2) is 18.2 Å². The quantitative estimate of drug-likeness (QED) is 0.578. The van der Waals surface area contributed by atoms with Gasteiger partial charge in [0.1, 0.15) is 12.0 Å². The maximum absolute atomic E-state index is 5.15. The molecule has 1 fully saturated rings. The average Bonchev–Trinajstić information content (AvgIpc) is 2.59. The Morgan fingerprint density at radius 3 is 2.80 bits per heavy atom. The van der Waals surface area contributed by atoms with Crippen molar-refractivity contribution < 1.29 is 13.9 Å². The smallest absolute Gasteiger partial charge is 0.204 e. The first-order valence-corrected chi connectivity index (χ1v) is 3.08. The molecule has 0 saturated carbocycles. The van der Waals surface area contributed by atoms with E-state index in [0.29, 0.717) is 18.9 Å². The Hall–Kier alpha value is -0.870. The van der Waals surface area contributed by atoms with Crippen molar-refractivity contribution in [1.82, 2.24) is 4.98 Å². The van der Waals surface area contributed by atoms with Crippen LogP contribution < -0.4 is 0 Å². The highest BCUT2D eigenvalue weighted by Crippen LogP contribution is 2.20. The van der Waals surface area contributed by atoms with E-state index in [1.54, 1.807) is 0 Å². The van der Waals surface area contributed by atoms with Gasteiger partial charge in [-0.15, -0.1) is 0 Å². The Bertz CT molecular complexity index is 191. The third-order valence-corrected chi connectivity index (χ3v) is 1.31. The normalized spacial score (nSPS) is 20.0. The highest BCUT2D eigenvalue weighted by atomic mass is 16.7. The van der Waals surface area contributed by atoms with Crippen molar-refractivity contribution in [3.05, 3.63) is 18.4 Å². The van der Waals surface area contributed by atoms with E-state index < -0.39 is 0 Å². The molecule has 10 heavy (non-hydrogen) atoms. The monoisotopic (exact) mass is 141 g/mol. The molecule has 1 aliphatic heterocycles. The molecule has 1 aromatic heterocycles. The molecule has 0 atom stereocenters. The highest BCUT2D eigenvalue weighted by Gasteiger charge is 2.20. The molecule has 0 N–H and O–H groups in total. The predicted molar refractivity (Wildman–Crippen MR) is 31.1 cm³/mol. The number of ether oxygens (including phenoxy) is 2. The Kier molecular flexibility index (Phi) is 1.41. The summed E-state index contributed by atoms with van der Waals surface area (Å²) in [6, 6.07) is 0. The molecular weight excluding hydrogens is 134 g/mol. The van der Waals surface area contributed by atoms with Gasteiger partial charge in [0.05, 0.1) is 13.2 Å². The van der Waals surface area contributed by atoms with Gasteiger partial charge in [0.15, 0.2) is 6.39 Å². The summed E-state index contributed by atoms with van der Waals surface area (Å²) in [6.45, 7) is 1.27. The second-order valence-electron chi connectivity index (χ2n) is 1.99. The summed E-state index contributed by atoms with van der Waals surface area (Å²) in [5.74, 6) is 0. The van der Waals surface area contributed by atoms with E-state index >= 15 is 0 Å². The van der Waals surface area contributed by atoms with Gasteiger partial charge < -0.3 is 13.9 Å². The number of nitrogens with zero attached hydrogens (tertiary/aromatic N) is 1. The molecule has 0 amide bonds. The largest absolute Gasteiger partial charge is 0.451 e. The van der Waals surface area contributed by atoms with Crippen molar-refractivity contribution in [3.63, 3.8) is 0 Å². The molecule has 4 heteroatoms. The van der Waals surface area contributed by atoms with Gasteiger partial charge in [-0.3, -0.25) is 0 Å². The second-order valence-corrected chi connectivity index (χ2v) is 1.99. The molecule has 0 radical (unpaired) electrons. The fourth-order valence-electron chi connectivity index (χ4n) is 0.867. The zero-order chi connectivity index (χ0) is 6.81. The first-order chi connectivity index (χ1) is 4.97. The standard InChI is InChI=1S/C6H7NO3/c1-2-10-6(9-1)5-3-8-4-7-5/h3-4,6H,1-2H2. The van der Waals surface area contributed by atoms with Gasteiger partial charge in [-0.2, -0.15) is 0 Å². The summed E-state index contributed by atoms with van der Waals surface area (Å²) in [7, 11) is 0. The van der Waals surface area contributed by atoms with Crippen LogP contribution in [0.5, 0.6) is 0 Å². The number of rotatable bonds is 1. The Morgan fingerprint density at radius 2 is 2.20 bits per heavy atom. The van der Waals surface area contributed by atoms with Crippen molar-refractivity contribution in [2.45, 2.75) is 6.29 Å². The third kappa shape index (κ3) is 0.913. The van der Waals surface area contributed by atoms with Gasteiger partial charge >= 0.3 is 0 Å². The van der Waals surface area contributed by atoms with Crippen LogP contribution in [0.3, 0.4) is 0 Å². The SMILES string of the molecule is c1nc(C2OCCO2)co1. The van der Waals surface area contributed by atoms with Crippen LogP contribution in [0.25, 0.3) is 0 Å². The van der Waals surface area contributed by atoms with E-state index in [2.05, 4.69) is 4.98 Å². The lowest BCUT2D eigenvalue weighted by molar-refractivity contribution is -0.0473. The van der Waals surface area contributed by atoms with Gasteiger partial charge in [0.25, 0.3) is 0 Å². The van der Waals surface area contributed by atoms with Crippen molar-refractivity contribution in [1.29, 1.82) is 0 Å². The van der Waals surface area contributed by atoms with Crippen molar-refractivity contribution >= 4 is 0 Å². The first-order valence-electron chi connectivity index (χ1n) is 3.08. The molecule has 0 unspecified atom stereocenters. The van der Waals surface area contributed by atoms with Crippen molar-refractivity contribution in [2.24, 2.45) is 0 Å². The molecule has 0 spiro atoms. The van der Waals surface area contributed by atoms with Gasteiger partial charge in [0, 0.05) is 0 Å². The number of oxazole rings is 1. The van der Waals surface area contributed by atoms with Crippen molar-refractivity contribution in [2.75, 3.05) is 13.2 Å². The Balaban J connectivity index is 2.12. The molecular formula is C6H7NO3. The van der Waals surface area contributed by atoms with E-state index in [9.17, 15) is 0 Å². The van der Waals surface area contributed by atoms with Crippen LogP contribution in [0.4, 0.5) is 0 Å². The lowest BCUT2D eigenvalue weighted by Gasteiger charge is -2.01. The maximum Gasteiger partial charge on any atom is 0.204 e. The molecule has 54 valence electrons. The van der Waals surface area contributed by atoms with E-state index in [0.717, 1.165) is 0 Å². The van der Waals surface area contributed by atoms with Crippen LogP contribution in [0.2, 0.25) is 0 Å². The minimum atomic E-state index is -0.307. The second kappa shape index (κ2) is 2.40. The predicted octanol–water partition coefficient (Wildman–Crippen LogP) is 0.720. The Morgan fingerprint density at radius 1 is 1.40 bits per heavy atom. The topological polar surface area (TPSA) is 44.5 Å². The summed E-state index contributed by atoms with van der Waals surface area (Å²) in [5.41, 5.74) is 0.706. The molecule has 4 nitrogen and oxygen atoms in total. The number of hydrogen-bond acceptors (Lipinski definition) is 4. The van der Waals surface area contributed by atoms with Crippen LogP contribution in [0.1, 0.15) is 12.0 Å². The molecule has 0 bridgehead atoms. The minimum Gasteiger partial charge on any atom is -0.451 e. The summed E-state index contributed by atoms with van der Waals surface area (Å²) in [6.07, 6.45) is 2.58. The van der Waals surface area contributed by atoms with Gasteiger partial charge in [-0.1, -0.05) is 0 Å². The van der Waals surface area contributed by atoms with Crippen LogP contribution in [0, 0.1) is 0 Å². The first kappa shape index (κ1) is 5.88. The fourth-order valence-corrected chi connectivity index (χ4v) is 0.867. The fraction of sp³-hybridized carbons (Fsp3) is 0.500. The highest BCUT2D eigenvalue weighted by molar-refractivity contribution is 4.93. The zero-order valence-corrected chi connectivity index (χ0v) is 5.32. The summed E-state index contributed by atoms with van der Waals surface area (Å²) in [4.78, 5) is 3.88. The van der Waals surface area contributed by atoms with E-state index in [4.69, 9.17) is 13.9 Å². The van der Waals surface area contributed by atoms with Gasteiger partial charge in [-0.25, -0.2) is 4.98 Å². The lowest BCUT2D eigenvalue weighted by atomic mass is 10.5. The molecule has 2 rings (SSSR count). The van der Waals surface area contributed by atoms with E-state index in [1.165, 1.54) is 12.7 Å². The molecule has 1 saturated heterocycles. The lowest BCUT2D eigenvalue weighted by Crippen LogP contribution is -1.97. The molecule has 0 aromatic carbocycles. The molecule has 2 heterocycles. The summed E-state index contributed by atoms with van der Waals surface area (Å²) >= 11 is 0. The Labute approximate surface area is 57.8 Å². The number of hydrogen-bond donors (Lipinski definition) is 0. The third-order valence-electron chi connectivity index (χ3n) is 1.31. The molecule has 1 aromatic rings. The number of aromatic nitrogens is 1. The van der Waals surface area contributed by atoms with E-state index in [-0.39, 0.29) is 6.29 Å². The average molecular weight is 141 g/mol. The van der Waals surface area contributed by atoms with Gasteiger partial charge in [0.2, 0.25) is 6.29 Å². The van der Waals surface area contributed by atoms with E-state index in [1.807, 2.05) is 0 Å². The van der Waals surface area contributed by atoms with Gasteiger partial charge in [-0.05, 0) is 0 Å². The minimum absolute atomic E-state index is 0.307.